The summed E-state index contributed by atoms with van der Waals surface area (Å²) < 4.78 is 6.21. The number of ether oxygens (including phenoxy) is 1. The van der Waals surface area contributed by atoms with Crippen molar-refractivity contribution in [2.45, 2.75) is 6.54 Å². The van der Waals surface area contributed by atoms with Crippen LogP contribution in [0.5, 0.6) is 0 Å². The number of halogens is 1. The Balaban J connectivity index is 2.55. The molecule has 0 unspecified atom stereocenters. The Bertz CT molecular complexity index is 710. The second kappa shape index (κ2) is 6.51. The lowest BCUT2D eigenvalue weighted by Gasteiger charge is -2.10. The number of nitrogens with zero attached hydrogens (tertiary/aromatic N) is 2. The number of methoxy groups -OCH3 is 1. The molecule has 0 aliphatic heterocycles. The lowest BCUT2D eigenvalue weighted by Crippen LogP contribution is -2.32. The van der Waals surface area contributed by atoms with Crippen molar-refractivity contribution in [3.8, 4) is 11.3 Å². The van der Waals surface area contributed by atoms with Gasteiger partial charge in [0.25, 0.3) is 5.56 Å². The van der Waals surface area contributed by atoms with Crippen molar-refractivity contribution in [3.63, 3.8) is 0 Å². The maximum atomic E-state index is 12.2. The highest BCUT2D eigenvalue weighted by Gasteiger charge is 2.12. The summed E-state index contributed by atoms with van der Waals surface area (Å²) in [4.78, 5) is 12.2. The van der Waals surface area contributed by atoms with E-state index in [0.29, 0.717) is 17.3 Å². The van der Waals surface area contributed by atoms with Crippen molar-refractivity contribution in [2.24, 2.45) is 5.73 Å². The molecule has 2 aromatic rings. The molecule has 21 heavy (non-hydrogen) atoms. The van der Waals surface area contributed by atoms with Crippen molar-refractivity contribution in [2.75, 3.05) is 13.7 Å². The first kappa shape index (κ1) is 15.2. The quantitative estimate of drug-likeness (QED) is 0.646. The van der Waals surface area contributed by atoms with Gasteiger partial charge in [-0.3, -0.25) is 10.2 Å². The maximum Gasteiger partial charge on any atom is 0.277 e. The fraction of sp³-hybridized carbons (Fsp3) is 0.214. The van der Waals surface area contributed by atoms with Gasteiger partial charge in [-0.15, -0.1) is 0 Å². The molecule has 110 valence electrons. The van der Waals surface area contributed by atoms with Crippen LogP contribution in [-0.2, 0) is 11.3 Å². The van der Waals surface area contributed by atoms with Gasteiger partial charge in [0.15, 0.2) is 0 Å². The van der Waals surface area contributed by atoms with E-state index in [-0.39, 0.29) is 17.9 Å². The first-order chi connectivity index (χ1) is 10.0. The Morgan fingerprint density at radius 2 is 2.10 bits per heavy atom. The van der Waals surface area contributed by atoms with Gasteiger partial charge < -0.3 is 10.5 Å². The van der Waals surface area contributed by atoms with Gasteiger partial charge in [-0.25, -0.2) is 4.68 Å². The number of nitrogens with one attached hydrogen (secondary N) is 1. The van der Waals surface area contributed by atoms with Crippen LogP contribution in [0.25, 0.3) is 11.3 Å². The molecule has 2 rings (SSSR count). The summed E-state index contributed by atoms with van der Waals surface area (Å²) in [6.45, 7) is 0.630. The van der Waals surface area contributed by atoms with E-state index in [2.05, 4.69) is 5.10 Å². The number of amidine groups is 1. The largest absolute Gasteiger partial charge is 0.384 e. The predicted octanol–water partition coefficient (Wildman–Crippen LogP) is 1.49. The first-order valence-electron chi connectivity index (χ1n) is 6.24. The molecule has 0 aliphatic rings. The zero-order valence-corrected chi connectivity index (χ0v) is 12.2. The van der Waals surface area contributed by atoms with E-state index in [9.17, 15) is 4.79 Å². The minimum atomic E-state index is -0.405. The molecule has 0 fully saturated rings. The van der Waals surface area contributed by atoms with Crippen LogP contribution in [0.3, 0.4) is 0 Å². The summed E-state index contributed by atoms with van der Waals surface area (Å²) in [5, 5.41) is 12.4. The topological polar surface area (TPSA) is 94.0 Å². The molecule has 1 heterocycles. The Hall–Kier alpha value is -2.18. The Kier molecular flexibility index (Phi) is 4.72. The SMILES string of the molecule is COCCn1nc(-c2ccc(Cl)cc2)cc(C(=N)N)c1=O. The Labute approximate surface area is 126 Å². The van der Waals surface area contributed by atoms with E-state index in [1.54, 1.807) is 31.4 Å². The van der Waals surface area contributed by atoms with Crippen LogP contribution in [0.1, 0.15) is 5.56 Å². The standard InChI is InChI=1S/C14H15ClN4O2/c1-21-7-6-19-14(20)11(13(16)17)8-12(18-19)9-2-4-10(15)5-3-9/h2-5,8H,6-7H2,1H3,(H3,16,17). The highest BCUT2D eigenvalue weighted by atomic mass is 35.5. The summed E-state index contributed by atoms with van der Waals surface area (Å²) in [6, 6.07) is 8.56. The number of hydrogen-bond donors (Lipinski definition) is 2. The van der Waals surface area contributed by atoms with Gasteiger partial charge in [0.2, 0.25) is 0 Å². The molecule has 6 nitrogen and oxygen atoms in total. The van der Waals surface area contributed by atoms with Crippen LogP contribution in [-0.4, -0.2) is 29.3 Å². The third-order valence-corrected chi connectivity index (χ3v) is 3.16. The van der Waals surface area contributed by atoms with Crippen molar-refractivity contribution < 1.29 is 4.74 Å². The summed E-state index contributed by atoms with van der Waals surface area (Å²) in [7, 11) is 1.54. The van der Waals surface area contributed by atoms with Crippen molar-refractivity contribution in [1.29, 1.82) is 5.41 Å². The van der Waals surface area contributed by atoms with Crippen LogP contribution in [0.2, 0.25) is 5.02 Å². The zero-order chi connectivity index (χ0) is 15.4. The number of nitrogen functional groups attached to an aromatic ring is 1. The van der Waals surface area contributed by atoms with Gasteiger partial charge in [0.05, 0.1) is 24.4 Å². The Morgan fingerprint density at radius 3 is 2.67 bits per heavy atom. The van der Waals surface area contributed by atoms with E-state index in [0.717, 1.165) is 5.56 Å². The number of benzene rings is 1. The lowest BCUT2D eigenvalue weighted by atomic mass is 10.1. The molecule has 0 saturated carbocycles. The van der Waals surface area contributed by atoms with Crippen molar-refractivity contribution in [1.82, 2.24) is 9.78 Å². The molecule has 1 aromatic carbocycles. The zero-order valence-electron chi connectivity index (χ0n) is 11.5. The first-order valence-corrected chi connectivity index (χ1v) is 6.62. The molecule has 0 saturated heterocycles. The van der Waals surface area contributed by atoms with E-state index in [4.69, 9.17) is 27.5 Å². The monoisotopic (exact) mass is 306 g/mol. The maximum absolute atomic E-state index is 12.2. The van der Waals surface area contributed by atoms with Crippen molar-refractivity contribution >= 4 is 17.4 Å². The molecule has 7 heteroatoms. The average molecular weight is 307 g/mol. The van der Waals surface area contributed by atoms with E-state index < -0.39 is 5.56 Å². The predicted molar refractivity (Wildman–Crippen MR) is 81.8 cm³/mol. The number of aromatic nitrogens is 2. The minimum absolute atomic E-state index is 0.117. The van der Waals surface area contributed by atoms with Crippen LogP contribution in [0, 0.1) is 5.41 Å². The second-order valence-electron chi connectivity index (χ2n) is 4.38. The van der Waals surface area contributed by atoms with E-state index in [1.165, 1.54) is 10.7 Å². The van der Waals surface area contributed by atoms with Gasteiger partial charge in [0, 0.05) is 17.7 Å². The smallest absolute Gasteiger partial charge is 0.277 e. The van der Waals surface area contributed by atoms with Crippen LogP contribution >= 0.6 is 11.6 Å². The summed E-state index contributed by atoms with van der Waals surface area (Å²) in [6.07, 6.45) is 0. The molecule has 0 bridgehead atoms. The fourth-order valence-electron chi connectivity index (χ4n) is 1.83. The normalized spacial score (nSPS) is 10.6. The second-order valence-corrected chi connectivity index (χ2v) is 4.82. The molecular weight excluding hydrogens is 292 g/mol. The fourth-order valence-corrected chi connectivity index (χ4v) is 1.95. The van der Waals surface area contributed by atoms with Crippen LogP contribution in [0.4, 0.5) is 0 Å². The molecule has 3 N–H and O–H groups in total. The van der Waals surface area contributed by atoms with Crippen LogP contribution in [0.15, 0.2) is 35.1 Å². The average Bonchev–Trinajstić information content (AvgIpc) is 2.47. The van der Waals surface area contributed by atoms with Gasteiger partial charge >= 0.3 is 0 Å². The molecule has 1 aromatic heterocycles. The van der Waals surface area contributed by atoms with Crippen molar-refractivity contribution in [3.05, 3.63) is 51.3 Å². The van der Waals surface area contributed by atoms with Gasteiger partial charge in [-0.1, -0.05) is 23.7 Å². The lowest BCUT2D eigenvalue weighted by molar-refractivity contribution is 0.182. The highest BCUT2D eigenvalue weighted by molar-refractivity contribution is 6.30. The van der Waals surface area contributed by atoms with Gasteiger partial charge in [-0.2, -0.15) is 5.10 Å². The summed E-state index contributed by atoms with van der Waals surface area (Å²) >= 11 is 5.86. The third-order valence-electron chi connectivity index (χ3n) is 2.91. The van der Waals surface area contributed by atoms with Gasteiger partial charge in [-0.05, 0) is 18.2 Å². The summed E-state index contributed by atoms with van der Waals surface area (Å²) in [5.74, 6) is -0.288. The van der Waals surface area contributed by atoms with Crippen LogP contribution < -0.4 is 11.3 Å². The number of hydrogen-bond acceptors (Lipinski definition) is 4. The van der Waals surface area contributed by atoms with E-state index in [1.807, 2.05) is 0 Å². The number of nitrogens with two attached hydrogens (primary N) is 1. The molecular formula is C14H15ClN4O2. The minimum Gasteiger partial charge on any atom is -0.384 e. The molecule has 0 radical (unpaired) electrons. The molecule has 0 atom stereocenters. The van der Waals surface area contributed by atoms with Gasteiger partial charge in [0.1, 0.15) is 5.84 Å². The summed E-state index contributed by atoms with van der Waals surface area (Å²) in [5.41, 5.74) is 6.52. The number of rotatable bonds is 5. The molecule has 0 aliphatic carbocycles. The molecule has 0 spiro atoms. The Morgan fingerprint density at radius 1 is 1.43 bits per heavy atom. The highest BCUT2D eigenvalue weighted by Crippen LogP contribution is 2.19. The molecule has 0 amide bonds. The third kappa shape index (κ3) is 3.48. The van der Waals surface area contributed by atoms with E-state index >= 15 is 0 Å².